The second-order valence-electron chi connectivity index (χ2n) is 6.30. The summed E-state index contributed by atoms with van der Waals surface area (Å²) in [5.74, 6) is -0.681. The van der Waals surface area contributed by atoms with Crippen molar-refractivity contribution in [1.82, 2.24) is 4.57 Å². The maximum Gasteiger partial charge on any atom is 0.339 e. The van der Waals surface area contributed by atoms with Crippen molar-refractivity contribution in [3.8, 4) is 5.75 Å². The third-order valence-electron chi connectivity index (χ3n) is 5.05. The van der Waals surface area contributed by atoms with E-state index >= 15 is 0 Å². The largest absolute Gasteiger partial charge is 0.507 e. The molecule has 1 aliphatic rings. The molecule has 0 unspecified atom stereocenters. The number of nitrogens with zero attached hydrogens (tertiary/aromatic N) is 1. The minimum atomic E-state index is -1.08. The van der Waals surface area contributed by atoms with Crippen molar-refractivity contribution in [2.45, 2.75) is 51.4 Å². The molecule has 2 N–H and O–H groups in total. The molecule has 1 heterocycles. The van der Waals surface area contributed by atoms with Crippen LogP contribution in [0.3, 0.4) is 0 Å². The van der Waals surface area contributed by atoms with Gasteiger partial charge >= 0.3 is 5.97 Å². The van der Waals surface area contributed by atoms with Gasteiger partial charge in [0.15, 0.2) is 0 Å². The number of aromatic hydroxyl groups is 1. The number of benzene rings is 1. The summed E-state index contributed by atoms with van der Waals surface area (Å²) in [6.07, 6.45) is 7.13. The number of aromatic nitrogens is 1. The molecule has 1 aromatic carbocycles. The number of hydrogen-bond donors (Lipinski definition) is 2. The van der Waals surface area contributed by atoms with Gasteiger partial charge < -0.3 is 14.8 Å². The van der Waals surface area contributed by atoms with Gasteiger partial charge in [0, 0.05) is 24.2 Å². The number of hydrogen-bond acceptors (Lipinski definition) is 2. The molecule has 0 bridgehead atoms. The Hall–Kier alpha value is -1.97. The van der Waals surface area contributed by atoms with Crippen LogP contribution in [0.25, 0.3) is 10.9 Å². The highest BCUT2D eigenvalue weighted by atomic mass is 16.4. The van der Waals surface area contributed by atoms with E-state index < -0.39 is 5.97 Å². The van der Waals surface area contributed by atoms with E-state index in [1.807, 2.05) is 7.05 Å². The third kappa shape index (κ3) is 2.27. The molecule has 118 valence electrons. The number of carbonyl (C=O) groups is 1. The maximum atomic E-state index is 11.3. The number of carboxylic acids is 1. The van der Waals surface area contributed by atoms with Gasteiger partial charge in [-0.2, -0.15) is 0 Å². The van der Waals surface area contributed by atoms with Gasteiger partial charge in [0.25, 0.3) is 0 Å². The van der Waals surface area contributed by atoms with Crippen molar-refractivity contribution < 1.29 is 15.0 Å². The Morgan fingerprint density at radius 3 is 2.55 bits per heavy atom. The van der Waals surface area contributed by atoms with Gasteiger partial charge in [-0.3, -0.25) is 0 Å². The first-order valence-corrected chi connectivity index (χ1v) is 8.12. The van der Waals surface area contributed by atoms with Gasteiger partial charge in [0.05, 0.1) is 5.52 Å². The molecule has 0 spiro atoms. The van der Waals surface area contributed by atoms with Gasteiger partial charge in [-0.25, -0.2) is 4.79 Å². The molecule has 0 radical (unpaired) electrons. The van der Waals surface area contributed by atoms with Crippen LogP contribution >= 0.6 is 0 Å². The molecule has 1 fully saturated rings. The SMILES string of the molecule is CCc1c(C2CCCCC2)n(C)c2cc(O)c(C(=O)O)cc12. The van der Waals surface area contributed by atoms with Gasteiger partial charge in [0.2, 0.25) is 0 Å². The standard InChI is InChI=1S/C18H23NO3/c1-3-12-13-9-14(18(21)22)16(20)10-15(13)19(2)17(12)11-7-5-4-6-8-11/h9-11,20H,3-8H2,1-2H3,(H,21,22). The van der Waals surface area contributed by atoms with Crippen LogP contribution in [0.15, 0.2) is 12.1 Å². The average Bonchev–Trinajstić information content (AvgIpc) is 2.79. The molecular weight excluding hydrogens is 278 g/mol. The summed E-state index contributed by atoms with van der Waals surface area (Å²) in [5, 5.41) is 20.2. The Labute approximate surface area is 130 Å². The number of aromatic carboxylic acids is 1. The lowest BCUT2D eigenvalue weighted by Crippen LogP contribution is -2.10. The van der Waals surface area contributed by atoms with Crippen molar-refractivity contribution >= 4 is 16.9 Å². The summed E-state index contributed by atoms with van der Waals surface area (Å²) in [7, 11) is 2.03. The predicted molar refractivity (Wildman–Crippen MR) is 86.7 cm³/mol. The predicted octanol–water partition coefficient (Wildman–Crippen LogP) is 4.19. The molecule has 4 heteroatoms. The fourth-order valence-electron chi connectivity index (χ4n) is 4.01. The Morgan fingerprint density at radius 2 is 1.95 bits per heavy atom. The Kier molecular flexibility index (Phi) is 3.85. The second kappa shape index (κ2) is 5.67. The van der Waals surface area contributed by atoms with Crippen LogP contribution in [0, 0.1) is 0 Å². The zero-order valence-corrected chi connectivity index (χ0v) is 13.2. The molecule has 1 saturated carbocycles. The van der Waals surface area contributed by atoms with Crippen LogP contribution in [-0.2, 0) is 13.5 Å². The summed E-state index contributed by atoms with van der Waals surface area (Å²) < 4.78 is 2.16. The van der Waals surface area contributed by atoms with Crippen LogP contribution in [0.2, 0.25) is 0 Å². The van der Waals surface area contributed by atoms with Crippen molar-refractivity contribution in [3.05, 3.63) is 29.0 Å². The van der Waals surface area contributed by atoms with Gasteiger partial charge in [-0.15, -0.1) is 0 Å². The molecule has 0 saturated heterocycles. The minimum Gasteiger partial charge on any atom is -0.507 e. The summed E-state index contributed by atoms with van der Waals surface area (Å²) >= 11 is 0. The van der Waals surface area contributed by atoms with E-state index in [9.17, 15) is 15.0 Å². The van der Waals surface area contributed by atoms with E-state index in [-0.39, 0.29) is 11.3 Å². The fraction of sp³-hybridized carbons (Fsp3) is 0.500. The van der Waals surface area contributed by atoms with Gasteiger partial charge in [-0.1, -0.05) is 26.2 Å². The summed E-state index contributed by atoms with van der Waals surface area (Å²) in [4.78, 5) is 11.3. The number of carboxylic acid groups (broad SMARTS) is 1. The highest BCUT2D eigenvalue weighted by molar-refractivity contribution is 5.98. The number of rotatable bonds is 3. The molecule has 0 atom stereocenters. The van der Waals surface area contributed by atoms with Crippen LogP contribution in [0.1, 0.15) is 66.6 Å². The fourth-order valence-corrected chi connectivity index (χ4v) is 4.01. The third-order valence-corrected chi connectivity index (χ3v) is 5.05. The lowest BCUT2D eigenvalue weighted by atomic mass is 9.84. The Bertz CT molecular complexity index is 724. The minimum absolute atomic E-state index is 0.0111. The molecule has 22 heavy (non-hydrogen) atoms. The van der Waals surface area contributed by atoms with Crippen LogP contribution < -0.4 is 0 Å². The van der Waals surface area contributed by atoms with Crippen molar-refractivity contribution in [1.29, 1.82) is 0 Å². The first-order chi connectivity index (χ1) is 10.5. The van der Waals surface area contributed by atoms with Crippen molar-refractivity contribution in [2.24, 2.45) is 7.05 Å². The van der Waals surface area contributed by atoms with E-state index in [1.165, 1.54) is 43.4 Å². The molecule has 0 aliphatic heterocycles. The number of fused-ring (bicyclic) bond motifs is 1. The Balaban J connectivity index is 2.24. The Morgan fingerprint density at radius 1 is 1.27 bits per heavy atom. The van der Waals surface area contributed by atoms with Crippen LogP contribution in [0.5, 0.6) is 5.75 Å². The van der Waals surface area contributed by atoms with E-state index in [0.29, 0.717) is 5.92 Å². The number of aryl methyl sites for hydroxylation is 2. The molecule has 1 aliphatic carbocycles. The van der Waals surface area contributed by atoms with E-state index in [2.05, 4.69) is 11.5 Å². The molecule has 3 rings (SSSR count). The maximum absolute atomic E-state index is 11.3. The highest BCUT2D eigenvalue weighted by Crippen LogP contribution is 2.40. The first kappa shape index (κ1) is 14.9. The van der Waals surface area contributed by atoms with Gasteiger partial charge in [-0.05, 0) is 36.8 Å². The lowest BCUT2D eigenvalue weighted by molar-refractivity contribution is 0.0694. The molecular formula is C18H23NO3. The summed E-state index contributed by atoms with van der Waals surface area (Å²) in [6, 6.07) is 3.24. The van der Waals surface area contributed by atoms with Crippen molar-refractivity contribution in [2.75, 3.05) is 0 Å². The quantitative estimate of drug-likeness (QED) is 0.893. The van der Waals surface area contributed by atoms with E-state index in [0.717, 1.165) is 17.3 Å². The molecule has 0 amide bonds. The average molecular weight is 301 g/mol. The summed E-state index contributed by atoms with van der Waals surface area (Å²) in [6.45, 7) is 2.12. The molecule has 4 nitrogen and oxygen atoms in total. The van der Waals surface area contributed by atoms with Gasteiger partial charge in [0.1, 0.15) is 11.3 Å². The normalized spacial score (nSPS) is 16.3. The monoisotopic (exact) mass is 301 g/mol. The molecule has 1 aromatic heterocycles. The zero-order valence-electron chi connectivity index (χ0n) is 13.2. The number of phenols is 1. The molecule has 2 aromatic rings. The zero-order chi connectivity index (χ0) is 15.9. The highest BCUT2D eigenvalue weighted by Gasteiger charge is 2.25. The van der Waals surface area contributed by atoms with E-state index in [4.69, 9.17) is 0 Å². The van der Waals surface area contributed by atoms with Crippen LogP contribution in [-0.4, -0.2) is 20.7 Å². The van der Waals surface area contributed by atoms with Crippen LogP contribution in [0.4, 0.5) is 0 Å². The van der Waals surface area contributed by atoms with E-state index in [1.54, 1.807) is 12.1 Å². The summed E-state index contributed by atoms with van der Waals surface area (Å²) in [5.41, 5.74) is 3.49. The van der Waals surface area contributed by atoms with Crippen molar-refractivity contribution in [3.63, 3.8) is 0 Å². The second-order valence-corrected chi connectivity index (χ2v) is 6.30. The first-order valence-electron chi connectivity index (χ1n) is 8.12. The lowest BCUT2D eigenvalue weighted by Gasteiger charge is -2.24. The smallest absolute Gasteiger partial charge is 0.339 e. The topological polar surface area (TPSA) is 62.5 Å².